The molecular weight excluding hydrogens is 294 g/mol. The average molecular weight is 313 g/mol. The van der Waals surface area contributed by atoms with E-state index in [4.69, 9.17) is 4.74 Å². The smallest absolute Gasteiger partial charge is 0.325 e. The first kappa shape index (κ1) is 17.2. The topological polar surface area (TPSA) is 101 Å². The van der Waals surface area contributed by atoms with Crippen LogP contribution in [0.3, 0.4) is 0 Å². The van der Waals surface area contributed by atoms with Crippen LogP contribution in [0.4, 0.5) is 0 Å². The Morgan fingerprint density at radius 1 is 1.38 bits per heavy atom. The number of thioether (sulfide) groups is 1. The number of hydrogen-bond acceptors (Lipinski definition) is 6. The van der Waals surface area contributed by atoms with Crippen molar-refractivity contribution >= 4 is 23.6 Å². The van der Waals surface area contributed by atoms with Crippen molar-refractivity contribution in [3.05, 3.63) is 21.6 Å². The first-order valence-corrected chi connectivity index (χ1v) is 7.61. The van der Waals surface area contributed by atoms with E-state index in [0.29, 0.717) is 22.8 Å². The van der Waals surface area contributed by atoms with Gasteiger partial charge in [-0.3, -0.25) is 14.4 Å². The lowest BCUT2D eigenvalue weighted by Gasteiger charge is -2.06. The van der Waals surface area contributed by atoms with Gasteiger partial charge in [-0.05, 0) is 20.3 Å². The summed E-state index contributed by atoms with van der Waals surface area (Å²) in [5.41, 5.74) is 1.13. The van der Waals surface area contributed by atoms with Crippen LogP contribution in [0.15, 0.2) is 9.95 Å². The van der Waals surface area contributed by atoms with E-state index in [9.17, 15) is 14.4 Å². The van der Waals surface area contributed by atoms with Crippen LogP contribution < -0.4 is 10.9 Å². The van der Waals surface area contributed by atoms with Gasteiger partial charge in [0.2, 0.25) is 5.91 Å². The van der Waals surface area contributed by atoms with Crippen LogP contribution >= 0.6 is 11.8 Å². The Bertz CT molecular complexity index is 571. The van der Waals surface area contributed by atoms with Gasteiger partial charge in [-0.25, -0.2) is 4.98 Å². The Kier molecular flexibility index (Phi) is 6.93. The highest BCUT2D eigenvalue weighted by Crippen LogP contribution is 2.12. The summed E-state index contributed by atoms with van der Waals surface area (Å²) in [5, 5.41) is 2.82. The lowest BCUT2D eigenvalue weighted by atomic mass is 10.2. The van der Waals surface area contributed by atoms with Gasteiger partial charge in [0.15, 0.2) is 5.16 Å². The van der Waals surface area contributed by atoms with Gasteiger partial charge in [-0.2, -0.15) is 0 Å². The number of aromatic amines is 1. The number of nitrogens with zero attached hydrogens (tertiary/aromatic N) is 1. The number of hydrogen-bond donors (Lipinski definition) is 2. The van der Waals surface area contributed by atoms with Gasteiger partial charge in [-0.1, -0.05) is 18.7 Å². The monoisotopic (exact) mass is 313 g/mol. The molecule has 0 fully saturated rings. The van der Waals surface area contributed by atoms with Crippen LogP contribution in [0.1, 0.15) is 25.1 Å². The molecule has 1 amide bonds. The molecule has 21 heavy (non-hydrogen) atoms. The van der Waals surface area contributed by atoms with E-state index in [-0.39, 0.29) is 30.4 Å². The molecule has 0 saturated heterocycles. The van der Waals surface area contributed by atoms with E-state index >= 15 is 0 Å². The van der Waals surface area contributed by atoms with Gasteiger partial charge in [0.1, 0.15) is 6.54 Å². The Balaban J connectivity index is 2.50. The number of aryl methyl sites for hydroxylation is 1. The molecule has 0 unspecified atom stereocenters. The van der Waals surface area contributed by atoms with Crippen LogP contribution in [0.5, 0.6) is 0 Å². The molecule has 0 saturated carbocycles. The van der Waals surface area contributed by atoms with Gasteiger partial charge in [0, 0.05) is 11.3 Å². The van der Waals surface area contributed by atoms with Crippen LogP contribution in [-0.4, -0.2) is 40.7 Å². The molecule has 1 heterocycles. The highest BCUT2D eigenvalue weighted by molar-refractivity contribution is 7.99. The van der Waals surface area contributed by atoms with E-state index in [0.717, 1.165) is 11.8 Å². The Hall–Kier alpha value is -1.83. The molecule has 0 aliphatic rings. The van der Waals surface area contributed by atoms with Crippen molar-refractivity contribution in [1.82, 2.24) is 15.3 Å². The van der Waals surface area contributed by atoms with Gasteiger partial charge in [0.05, 0.1) is 12.4 Å². The van der Waals surface area contributed by atoms with Gasteiger partial charge < -0.3 is 15.0 Å². The zero-order valence-electron chi connectivity index (χ0n) is 12.3. The molecule has 0 bridgehead atoms. The largest absolute Gasteiger partial charge is 0.465 e. The molecule has 2 N–H and O–H groups in total. The fourth-order valence-corrected chi connectivity index (χ4v) is 2.37. The molecule has 1 aromatic heterocycles. The number of carbonyl (C=O) groups is 2. The first-order valence-electron chi connectivity index (χ1n) is 6.62. The number of esters is 1. The Labute approximate surface area is 126 Å². The summed E-state index contributed by atoms with van der Waals surface area (Å²) in [5.74, 6) is -0.744. The van der Waals surface area contributed by atoms with Crippen molar-refractivity contribution in [3.63, 3.8) is 0 Å². The summed E-state index contributed by atoms with van der Waals surface area (Å²) in [6.45, 7) is 5.45. The molecular formula is C13H19N3O4S. The van der Waals surface area contributed by atoms with Crippen LogP contribution in [0.25, 0.3) is 0 Å². The van der Waals surface area contributed by atoms with Crippen molar-refractivity contribution in [2.75, 3.05) is 18.9 Å². The lowest BCUT2D eigenvalue weighted by molar-refractivity contribution is -0.143. The molecule has 0 aromatic carbocycles. The number of H-pyrrole nitrogens is 1. The number of ether oxygens (including phenoxy) is 1. The van der Waals surface area contributed by atoms with Crippen LogP contribution in [0.2, 0.25) is 0 Å². The lowest BCUT2D eigenvalue weighted by Crippen LogP contribution is -2.32. The summed E-state index contributed by atoms with van der Waals surface area (Å²) >= 11 is 1.11. The number of aromatic nitrogens is 2. The molecule has 0 atom stereocenters. The third kappa shape index (κ3) is 5.58. The third-order valence-electron chi connectivity index (χ3n) is 2.63. The quantitative estimate of drug-likeness (QED) is 0.429. The second-order valence-electron chi connectivity index (χ2n) is 4.16. The van der Waals surface area contributed by atoms with E-state index in [1.54, 1.807) is 13.8 Å². The fourth-order valence-electron chi connectivity index (χ4n) is 1.64. The fraction of sp³-hybridized carbons (Fsp3) is 0.538. The van der Waals surface area contributed by atoms with Crippen LogP contribution in [-0.2, 0) is 20.7 Å². The Morgan fingerprint density at radius 3 is 2.67 bits per heavy atom. The van der Waals surface area contributed by atoms with Gasteiger partial charge in [-0.15, -0.1) is 0 Å². The minimum atomic E-state index is -0.481. The molecule has 116 valence electrons. The summed E-state index contributed by atoms with van der Waals surface area (Å²) in [4.78, 5) is 41.3. The zero-order chi connectivity index (χ0) is 15.8. The summed E-state index contributed by atoms with van der Waals surface area (Å²) < 4.78 is 4.69. The van der Waals surface area contributed by atoms with E-state index in [2.05, 4.69) is 15.3 Å². The minimum absolute atomic E-state index is 0.0628. The van der Waals surface area contributed by atoms with E-state index in [1.807, 2.05) is 6.92 Å². The van der Waals surface area contributed by atoms with Gasteiger partial charge in [0.25, 0.3) is 5.56 Å². The molecule has 0 aliphatic carbocycles. The van der Waals surface area contributed by atoms with Crippen molar-refractivity contribution < 1.29 is 14.3 Å². The predicted octanol–water partition coefficient (Wildman–Crippen LogP) is 0.412. The maximum atomic E-state index is 11.8. The number of nitrogens with one attached hydrogen (secondary N) is 2. The second-order valence-corrected chi connectivity index (χ2v) is 5.12. The van der Waals surface area contributed by atoms with E-state index in [1.165, 1.54) is 0 Å². The molecule has 0 radical (unpaired) electrons. The van der Waals surface area contributed by atoms with Crippen molar-refractivity contribution in [3.8, 4) is 0 Å². The first-order chi connectivity index (χ1) is 9.97. The number of carbonyl (C=O) groups excluding carboxylic acids is 2. The Morgan fingerprint density at radius 2 is 2.10 bits per heavy atom. The summed E-state index contributed by atoms with van der Waals surface area (Å²) in [6, 6.07) is 0. The molecule has 1 rings (SSSR count). The standard InChI is InChI=1S/C13H19N3O4S/c1-4-9-8(3)15-13(16-12(9)19)21-7-10(17)14-6-11(18)20-5-2/h4-7H2,1-3H3,(H,14,17)(H,15,16,19). The average Bonchev–Trinajstić information content (AvgIpc) is 2.43. The maximum Gasteiger partial charge on any atom is 0.325 e. The van der Waals surface area contributed by atoms with Crippen molar-refractivity contribution in [1.29, 1.82) is 0 Å². The minimum Gasteiger partial charge on any atom is -0.465 e. The highest BCUT2D eigenvalue weighted by atomic mass is 32.2. The zero-order valence-corrected chi connectivity index (χ0v) is 13.1. The summed E-state index contributed by atoms with van der Waals surface area (Å²) in [6.07, 6.45) is 0.610. The third-order valence-corrected chi connectivity index (χ3v) is 3.50. The van der Waals surface area contributed by atoms with Crippen LogP contribution in [0, 0.1) is 6.92 Å². The maximum absolute atomic E-state index is 11.8. The van der Waals surface area contributed by atoms with Crippen molar-refractivity contribution in [2.24, 2.45) is 0 Å². The predicted molar refractivity (Wildman–Crippen MR) is 79.3 cm³/mol. The number of amides is 1. The molecule has 7 nitrogen and oxygen atoms in total. The molecule has 1 aromatic rings. The number of rotatable bonds is 7. The normalized spacial score (nSPS) is 10.2. The van der Waals surface area contributed by atoms with Crippen molar-refractivity contribution in [2.45, 2.75) is 32.3 Å². The second kappa shape index (κ2) is 8.46. The summed E-state index contributed by atoms with van der Waals surface area (Å²) in [7, 11) is 0. The molecule has 8 heteroatoms. The highest BCUT2D eigenvalue weighted by Gasteiger charge is 2.10. The molecule has 0 spiro atoms. The molecule has 0 aliphatic heterocycles. The SMILES string of the molecule is CCOC(=O)CNC(=O)CSc1nc(C)c(CC)c(=O)[nH]1. The van der Waals surface area contributed by atoms with Gasteiger partial charge >= 0.3 is 5.97 Å². The van der Waals surface area contributed by atoms with E-state index < -0.39 is 5.97 Å².